The van der Waals surface area contributed by atoms with Gasteiger partial charge in [-0.3, -0.25) is 10.1 Å². The molecule has 132 valence electrons. The molecule has 0 saturated carbocycles. The molecule has 1 heterocycles. The van der Waals surface area contributed by atoms with Crippen LogP contribution in [-0.4, -0.2) is 10.1 Å². The molecule has 3 rings (SSSR count). The van der Waals surface area contributed by atoms with Crippen LogP contribution < -0.4 is 4.74 Å². The van der Waals surface area contributed by atoms with Gasteiger partial charge in [0, 0.05) is 10.6 Å². The van der Waals surface area contributed by atoms with Crippen molar-refractivity contribution in [3.05, 3.63) is 86.2 Å². The van der Waals surface area contributed by atoms with Crippen molar-refractivity contribution in [3.63, 3.8) is 0 Å². The lowest BCUT2D eigenvalue weighted by atomic mass is 10.1. The van der Waals surface area contributed by atoms with Crippen molar-refractivity contribution >= 4 is 29.4 Å². The fraction of sp³-hybridized carbons (Fsp3) is 0.105. The van der Waals surface area contributed by atoms with Gasteiger partial charge in [0.15, 0.2) is 5.69 Å². The van der Waals surface area contributed by atoms with E-state index in [4.69, 9.17) is 20.9 Å². The fourth-order valence-corrected chi connectivity index (χ4v) is 2.50. The maximum atomic E-state index is 11.1. The number of halogens is 1. The molecule has 1 aromatic heterocycles. The summed E-state index contributed by atoms with van der Waals surface area (Å²) in [5.41, 5.74) is 1.85. The van der Waals surface area contributed by atoms with Gasteiger partial charge in [-0.1, -0.05) is 47.1 Å². The van der Waals surface area contributed by atoms with Crippen molar-refractivity contribution < 1.29 is 14.2 Å². The first-order chi connectivity index (χ1) is 12.5. The Bertz CT molecular complexity index is 948. The average molecular weight is 371 g/mol. The highest BCUT2D eigenvalue weighted by Gasteiger charge is 2.21. The van der Waals surface area contributed by atoms with Crippen LogP contribution in [0.3, 0.4) is 0 Å². The second-order valence-electron chi connectivity index (χ2n) is 5.52. The van der Waals surface area contributed by atoms with E-state index in [0.717, 1.165) is 11.1 Å². The third-order valence-electron chi connectivity index (χ3n) is 3.68. The molecule has 0 saturated heterocycles. The standard InChI is InChI=1S/C19H15ClN2O4/c1-13-19(22(23)24)18(26-21-13)11-8-15-4-2-3-5-17(15)25-12-14-6-9-16(20)10-7-14/h2-11H,12H2,1H3/b11-8-. The molecule has 26 heavy (non-hydrogen) atoms. The summed E-state index contributed by atoms with van der Waals surface area (Å²) in [4.78, 5) is 10.6. The van der Waals surface area contributed by atoms with E-state index < -0.39 is 4.92 Å². The molecule has 0 N–H and O–H groups in total. The van der Waals surface area contributed by atoms with E-state index in [0.29, 0.717) is 17.4 Å². The molecular weight excluding hydrogens is 356 g/mol. The molecule has 0 radical (unpaired) electrons. The number of benzene rings is 2. The highest BCUT2D eigenvalue weighted by molar-refractivity contribution is 6.30. The van der Waals surface area contributed by atoms with Crippen LogP contribution in [0.4, 0.5) is 5.69 Å². The van der Waals surface area contributed by atoms with Crippen molar-refractivity contribution in [2.75, 3.05) is 0 Å². The van der Waals surface area contributed by atoms with Crippen molar-refractivity contribution in [1.29, 1.82) is 0 Å². The van der Waals surface area contributed by atoms with Crippen LogP contribution in [0.15, 0.2) is 53.1 Å². The molecule has 0 fully saturated rings. The molecule has 2 aromatic carbocycles. The lowest BCUT2D eigenvalue weighted by molar-refractivity contribution is -0.386. The number of hydrogen-bond acceptors (Lipinski definition) is 5. The van der Waals surface area contributed by atoms with Crippen molar-refractivity contribution in [3.8, 4) is 5.75 Å². The van der Waals surface area contributed by atoms with Crippen LogP contribution in [0.5, 0.6) is 5.75 Å². The highest BCUT2D eigenvalue weighted by Crippen LogP contribution is 2.27. The molecule has 0 atom stereocenters. The van der Waals surface area contributed by atoms with Crippen LogP contribution in [-0.2, 0) is 6.61 Å². The molecule has 3 aromatic rings. The monoisotopic (exact) mass is 370 g/mol. The van der Waals surface area contributed by atoms with E-state index in [-0.39, 0.29) is 17.1 Å². The zero-order chi connectivity index (χ0) is 18.5. The van der Waals surface area contributed by atoms with Gasteiger partial charge in [0.2, 0.25) is 5.76 Å². The van der Waals surface area contributed by atoms with Crippen LogP contribution >= 0.6 is 11.6 Å². The van der Waals surface area contributed by atoms with Crippen LogP contribution in [0, 0.1) is 17.0 Å². The van der Waals surface area contributed by atoms with Gasteiger partial charge in [0.05, 0.1) is 4.92 Å². The van der Waals surface area contributed by atoms with Gasteiger partial charge < -0.3 is 9.26 Å². The zero-order valence-electron chi connectivity index (χ0n) is 13.9. The minimum atomic E-state index is -0.506. The number of nitro groups is 1. The molecule has 0 amide bonds. The van der Waals surface area contributed by atoms with Gasteiger partial charge in [-0.2, -0.15) is 0 Å². The van der Waals surface area contributed by atoms with E-state index in [2.05, 4.69) is 5.16 Å². The molecule has 0 unspecified atom stereocenters. The largest absolute Gasteiger partial charge is 0.488 e. The first kappa shape index (κ1) is 17.7. The van der Waals surface area contributed by atoms with E-state index in [1.54, 1.807) is 18.2 Å². The van der Waals surface area contributed by atoms with Crippen molar-refractivity contribution in [2.24, 2.45) is 0 Å². The van der Waals surface area contributed by atoms with Crippen LogP contribution in [0.1, 0.15) is 22.6 Å². The summed E-state index contributed by atoms with van der Waals surface area (Å²) in [6.07, 6.45) is 3.22. The molecule has 0 aliphatic rings. The summed E-state index contributed by atoms with van der Waals surface area (Å²) in [6, 6.07) is 14.8. The van der Waals surface area contributed by atoms with E-state index >= 15 is 0 Å². The second-order valence-corrected chi connectivity index (χ2v) is 5.96. The predicted octanol–water partition coefficient (Wildman–Crippen LogP) is 5.29. The van der Waals surface area contributed by atoms with Gasteiger partial charge in [-0.25, -0.2) is 0 Å². The molecule has 0 aliphatic heterocycles. The molecule has 0 bridgehead atoms. The third-order valence-corrected chi connectivity index (χ3v) is 3.93. The summed E-state index contributed by atoms with van der Waals surface area (Å²) in [7, 11) is 0. The molecule has 7 heteroatoms. The topological polar surface area (TPSA) is 78.4 Å². The fourth-order valence-electron chi connectivity index (χ4n) is 2.37. The molecule has 0 aliphatic carbocycles. The Hall–Kier alpha value is -3.12. The summed E-state index contributed by atoms with van der Waals surface area (Å²) in [6.45, 7) is 1.91. The molecular formula is C19H15ClN2O4. The van der Waals surface area contributed by atoms with Crippen molar-refractivity contribution in [1.82, 2.24) is 5.16 Å². The number of rotatable bonds is 6. The number of para-hydroxylation sites is 1. The van der Waals surface area contributed by atoms with Crippen LogP contribution in [0.2, 0.25) is 5.02 Å². The second kappa shape index (κ2) is 7.84. The number of aromatic nitrogens is 1. The Morgan fingerprint density at radius 3 is 2.65 bits per heavy atom. The Labute approximate surface area is 154 Å². The minimum Gasteiger partial charge on any atom is -0.488 e. The lowest BCUT2D eigenvalue weighted by Gasteiger charge is -2.09. The average Bonchev–Trinajstić information content (AvgIpc) is 3.01. The smallest absolute Gasteiger partial charge is 0.338 e. The van der Waals surface area contributed by atoms with Gasteiger partial charge in [0.1, 0.15) is 12.4 Å². The van der Waals surface area contributed by atoms with Gasteiger partial charge >= 0.3 is 5.69 Å². The number of aryl methyl sites for hydroxylation is 1. The summed E-state index contributed by atoms with van der Waals surface area (Å²) < 4.78 is 10.9. The molecule has 0 spiro atoms. The maximum absolute atomic E-state index is 11.1. The van der Waals surface area contributed by atoms with E-state index in [1.807, 2.05) is 36.4 Å². The maximum Gasteiger partial charge on any atom is 0.338 e. The highest BCUT2D eigenvalue weighted by atomic mass is 35.5. The molecule has 6 nitrogen and oxygen atoms in total. The number of hydrogen-bond donors (Lipinski definition) is 0. The summed E-state index contributed by atoms with van der Waals surface area (Å²) in [5, 5.41) is 15.4. The zero-order valence-corrected chi connectivity index (χ0v) is 14.6. The predicted molar refractivity (Wildman–Crippen MR) is 99.0 cm³/mol. The van der Waals surface area contributed by atoms with Crippen molar-refractivity contribution in [2.45, 2.75) is 13.5 Å². The Morgan fingerprint density at radius 1 is 1.19 bits per heavy atom. The number of nitrogens with zero attached hydrogens (tertiary/aromatic N) is 2. The summed E-state index contributed by atoms with van der Waals surface area (Å²) >= 11 is 5.88. The third kappa shape index (κ3) is 4.10. The summed E-state index contributed by atoms with van der Waals surface area (Å²) in [5.74, 6) is 0.748. The SMILES string of the molecule is Cc1noc(/C=C\c2ccccc2OCc2ccc(Cl)cc2)c1[N+](=O)[O-]. The first-order valence-electron chi connectivity index (χ1n) is 7.79. The Kier molecular flexibility index (Phi) is 5.34. The first-order valence-corrected chi connectivity index (χ1v) is 8.17. The van der Waals surface area contributed by atoms with Gasteiger partial charge in [-0.05, 0) is 42.8 Å². The quantitative estimate of drug-likeness (QED) is 0.435. The lowest BCUT2D eigenvalue weighted by Crippen LogP contribution is -1.96. The van der Waals surface area contributed by atoms with Gasteiger partial charge in [0.25, 0.3) is 0 Å². The van der Waals surface area contributed by atoms with Gasteiger partial charge in [-0.15, -0.1) is 0 Å². The Balaban J connectivity index is 1.79. The normalized spacial score (nSPS) is 11.0. The van der Waals surface area contributed by atoms with Crippen LogP contribution in [0.25, 0.3) is 12.2 Å². The number of ether oxygens (including phenoxy) is 1. The van der Waals surface area contributed by atoms with E-state index in [9.17, 15) is 10.1 Å². The van der Waals surface area contributed by atoms with E-state index in [1.165, 1.54) is 13.0 Å². The minimum absolute atomic E-state index is 0.0972. The Morgan fingerprint density at radius 2 is 1.92 bits per heavy atom.